The summed E-state index contributed by atoms with van der Waals surface area (Å²) in [6, 6.07) is 2.18. The smallest absolute Gasteiger partial charge is 0.387 e. The first kappa shape index (κ1) is 13.3. The minimum atomic E-state index is -4.44. The number of aliphatic hydroxyl groups is 1. The second-order valence-corrected chi connectivity index (χ2v) is 3.95. The number of hydrogen-bond donors (Lipinski definition) is 2. The van der Waals surface area contributed by atoms with Crippen LogP contribution < -0.4 is 5.73 Å². The van der Waals surface area contributed by atoms with Crippen LogP contribution in [-0.4, -0.2) is 11.1 Å². The fourth-order valence-electron chi connectivity index (χ4n) is 1.23. The number of rotatable bonds is 2. The predicted octanol–water partition coefficient (Wildman–Crippen LogP) is 2.74. The predicted molar refractivity (Wildman–Crippen MR) is 55.1 cm³/mol. The van der Waals surface area contributed by atoms with Crippen LogP contribution in [0.2, 0.25) is 5.02 Å². The van der Waals surface area contributed by atoms with Crippen molar-refractivity contribution in [3.63, 3.8) is 0 Å². The van der Waals surface area contributed by atoms with Gasteiger partial charge in [-0.25, -0.2) is 0 Å². The third-order valence-corrected chi connectivity index (χ3v) is 2.47. The first-order valence-corrected chi connectivity index (χ1v) is 4.91. The molecule has 0 saturated heterocycles. The topological polar surface area (TPSA) is 46.2 Å². The van der Waals surface area contributed by atoms with Crippen molar-refractivity contribution in [2.24, 2.45) is 5.73 Å². The van der Waals surface area contributed by atoms with Gasteiger partial charge in [0.25, 0.3) is 0 Å². The van der Waals surface area contributed by atoms with E-state index in [1.807, 2.05) is 0 Å². The van der Waals surface area contributed by atoms with Gasteiger partial charge >= 0.3 is 6.18 Å². The standard InChI is InChI=1S/C10H11ClF3NO/c1-5(15)9(16)7-3-2-6(4-8(7)11)10(12,13)14/h2-5,9,16H,15H2,1H3/t5-,9-/m1/s1. The van der Waals surface area contributed by atoms with Crippen molar-refractivity contribution in [3.8, 4) is 0 Å². The highest BCUT2D eigenvalue weighted by Crippen LogP contribution is 2.34. The SMILES string of the molecule is C[C@@H](N)[C@@H](O)c1ccc(C(F)(F)F)cc1Cl. The molecule has 0 spiro atoms. The lowest BCUT2D eigenvalue weighted by molar-refractivity contribution is -0.137. The molecule has 1 aromatic rings. The largest absolute Gasteiger partial charge is 0.416 e. The molecule has 0 saturated carbocycles. The summed E-state index contributed by atoms with van der Waals surface area (Å²) in [6.45, 7) is 1.54. The second kappa shape index (κ2) is 4.61. The fraction of sp³-hybridized carbons (Fsp3) is 0.400. The Kier molecular flexibility index (Phi) is 3.83. The quantitative estimate of drug-likeness (QED) is 0.851. The van der Waals surface area contributed by atoms with E-state index >= 15 is 0 Å². The number of halogens is 4. The Morgan fingerprint density at radius 2 is 1.94 bits per heavy atom. The van der Waals surface area contributed by atoms with Gasteiger partial charge in [0.05, 0.1) is 11.7 Å². The summed E-state index contributed by atoms with van der Waals surface area (Å²) >= 11 is 5.66. The van der Waals surface area contributed by atoms with E-state index in [-0.39, 0.29) is 10.6 Å². The monoisotopic (exact) mass is 253 g/mol. The first-order valence-electron chi connectivity index (χ1n) is 4.53. The molecule has 0 aliphatic heterocycles. The highest BCUT2D eigenvalue weighted by molar-refractivity contribution is 6.31. The molecule has 1 rings (SSSR count). The zero-order valence-electron chi connectivity index (χ0n) is 8.42. The van der Waals surface area contributed by atoms with E-state index in [0.717, 1.165) is 18.2 Å². The molecule has 2 atom stereocenters. The third kappa shape index (κ3) is 2.87. The number of benzene rings is 1. The molecule has 3 N–H and O–H groups in total. The zero-order chi connectivity index (χ0) is 12.5. The van der Waals surface area contributed by atoms with Crippen LogP contribution in [0, 0.1) is 0 Å². The molecule has 0 radical (unpaired) electrons. The number of aliphatic hydroxyl groups excluding tert-OH is 1. The molecule has 2 nitrogen and oxygen atoms in total. The molecule has 0 heterocycles. The lowest BCUT2D eigenvalue weighted by Gasteiger charge is -2.17. The Labute approximate surface area is 95.8 Å². The van der Waals surface area contributed by atoms with Crippen LogP contribution in [0.4, 0.5) is 13.2 Å². The van der Waals surface area contributed by atoms with Gasteiger partial charge in [-0.2, -0.15) is 13.2 Å². The van der Waals surface area contributed by atoms with Gasteiger partial charge in [-0.1, -0.05) is 17.7 Å². The molecule has 0 fully saturated rings. The molecule has 6 heteroatoms. The molecule has 0 aliphatic rings. The summed E-state index contributed by atoms with van der Waals surface area (Å²) in [7, 11) is 0. The van der Waals surface area contributed by atoms with Crippen LogP contribution in [0.15, 0.2) is 18.2 Å². The van der Waals surface area contributed by atoms with E-state index in [9.17, 15) is 18.3 Å². The van der Waals surface area contributed by atoms with Crippen LogP contribution in [0.25, 0.3) is 0 Å². The van der Waals surface area contributed by atoms with Crippen molar-refractivity contribution in [1.82, 2.24) is 0 Å². The second-order valence-electron chi connectivity index (χ2n) is 3.54. The lowest BCUT2D eigenvalue weighted by Crippen LogP contribution is -2.24. The highest BCUT2D eigenvalue weighted by atomic mass is 35.5. The van der Waals surface area contributed by atoms with Crippen LogP contribution in [0.5, 0.6) is 0 Å². The van der Waals surface area contributed by atoms with Crippen molar-refractivity contribution < 1.29 is 18.3 Å². The van der Waals surface area contributed by atoms with Crippen molar-refractivity contribution >= 4 is 11.6 Å². The lowest BCUT2D eigenvalue weighted by atomic mass is 10.0. The fourth-order valence-corrected chi connectivity index (χ4v) is 1.52. The van der Waals surface area contributed by atoms with Crippen LogP contribution in [0.1, 0.15) is 24.2 Å². The Hall–Kier alpha value is -0.780. The molecule has 16 heavy (non-hydrogen) atoms. The maximum absolute atomic E-state index is 12.3. The first-order chi connectivity index (χ1) is 7.23. The van der Waals surface area contributed by atoms with Gasteiger partial charge in [0, 0.05) is 16.6 Å². The van der Waals surface area contributed by atoms with Gasteiger partial charge in [-0.3, -0.25) is 0 Å². The summed E-state index contributed by atoms with van der Waals surface area (Å²) in [5, 5.41) is 9.44. The van der Waals surface area contributed by atoms with Gasteiger partial charge in [0.2, 0.25) is 0 Å². The van der Waals surface area contributed by atoms with E-state index in [4.69, 9.17) is 17.3 Å². The summed E-state index contributed by atoms with van der Waals surface area (Å²) in [6.07, 6.45) is -5.52. The average molecular weight is 254 g/mol. The molecule has 1 aromatic carbocycles. The van der Waals surface area contributed by atoms with Gasteiger partial charge in [0.1, 0.15) is 0 Å². The summed E-state index contributed by atoms with van der Waals surface area (Å²) in [4.78, 5) is 0. The van der Waals surface area contributed by atoms with Gasteiger partial charge in [0.15, 0.2) is 0 Å². The summed E-state index contributed by atoms with van der Waals surface area (Å²) in [5.74, 6) is 0. The minimum absolute atomic E-state index is 0.139. The number of nitrogens with two attached hydrogens (primary N) is 1. The minimum Gasteiger partial charge on any atom is -0.387 e. The molecular formula is C10H11ClF3NO. The van der Waals surface area contributed by atoms with Crippen LogP contribution in [0.3, 0.4) is 0 Å². The molecule has 90 valence electrons. The Morgan fingerprint density at radius 3 is 2.31 bits per heavy atom. The molecule has 0 aromatic heterocycles. The van der Waals surface area contributed by atoms with Crippen molar-refractivity contribution in [3.05, 3.63) is 34.3 Å². The zero-order valence-corrected chi connectivity index (χ0v) is 9.18. The van der Waals surface area contributed by atoms with Gasteiger partial charge < -0.3 is 10.8 Å². The van der Waals surface area contributed by atoms with E-state index < -0.39 is 23.9 Å². The maximum Gasteiger partial charge on any atom is 0.416 e. The van der Waals surface area contributed by atoms with Crippen molar-refractivity contribution in [1.29, 1.82) is 0 Å². The van der Waals surface area contributed by atoms with E-state index in [2.05, 4.69) is 0 Å². The van der Waals surface area contributed by atoms with E-state index in [1.165, 1.54) is 0 Å². The summed E-state index contributed by atoms with van der Waals surface area (Å²) < 4.78 is 36.9. The van der Waals surface area contributed by atoms with Gasteiger partial charge in [-0.15, -0.1) is 0 Å². The molecule has 0 bridgehead atoms. The van der Waals surface area contributed by atoms with Crippen LogP contribution in [-0.2, 0) is 6.18 Å². The van der Waals surface area contributed by atoms with Crippen LogP contribution >= 0.6 is 11.6 Å². The average Bonchev–Trinajstić information content (AvgIpc) is 2.15. The molecular weight excluding hydrogens is 243 g/mol. The van der Waals surface area contributed by atoms with Crippen molar-refractivity contribution in [2.45, 2.75) is 25.2 Å². The van der Waals surface area contributed by atoms with E-state index in [0.29, 0.717) is 0 Å². The van der Waals surface area contributed by atoms with Crippen molar-refractivity contribution in [2.75, 3.05) is 0 Å². The summed E-state index contributed by atoms with van der Waals surface area (Å²) in [5.41, 5.74) is 4.78. The van der Waals surface area contributed by atoms with E-state index in [1.54, 1.807) is 6.92 Å². The Bertz CT molecular complexity index is 379. The molecule has 0 unspecified atom stereocenters. The molecule has 0 amide bonds. The highest BCUT2D eigenvalue weighted by Gasteiger charge is 2.31. The third-order valence-electron chi connectivity index (χ3n) is 2.14. The molecule has 0 aliphatic carbocycles. The van der Waals surface area contributed by atoms with Gasteiger partial charge in [-0.05, 0) is 19.1 Å². The Balaban J connectivity index is 3.10. The maximum atomic E-state index is 12.3. The Morgan fingerprint density at radius 1 is 1.38 bits per heavy atom. The number of alkyl halides is 3. The number of hydrogen-bond acceptors (Lipinski definition) is 2. The normalized spacial score (nSPS) is 15.9.